The van der Waals surface area contributed by atoms with E-state index in [2.05, 4.69) is 15.4 Å². The van der Waals surface area contributed by atoms with E-state index >= 15 is 0 Å². The van der Waals surface area contributed by atoms with E-state index in [0.717, 1.165) is 37.0 Å². The minimum atomic E-state index is -3.52. The Bertz CT molecular complexity index is 755. The lowest BCUT2D eigenvalue weighted by molar-refractivity contribution is -0.0127. The average Bonchev–Trinajstić information content (AvgIpc) is 2.53. The second-order valence-electron chi connectivity index (χ2n) is 8.01. The molecule has 0 spiro atoms. The average molecular weight is 363 g/mol. The number of amides is 2. The summed E-state index contributed by atoms with van der Waals surface area (Å²) < 4.78 is 26.1. The van der Waals surface area contributed by atoms with Gasteiger partial charge in [-0.2, -0.15) is 0 Å². The van der Waals surface area contributed by atoms with Crippen molar-refractivity contribution < 1.29 is 13.2 Å². The van der Waals surface area contributed by atoms with Crippen LogP contribution in [0.25, 0.3) is 0 Å². The van der Waals surface area contributed by atoms with Crippen LogP contribution in [0.2, 0.25) is 0 Å². The molecule has 4 bridgehead atoms. The topological polar surface area (TPSA) is 87.3 Å². The van der Waals surface area contributed by atoms with E-state index < -0.39 is 10.0 Å². The van der Waals surface area contributed by atoms with Crippen molar-refractivity contribution in [3.63, 3.8) is 0 Å². The third-order valence-corrected chi connectivity index (χ3v) is 7.50. The smallest absolute Gasteiger partial charge is 0.319 e. The molecule has 7 heteroatoms. The summed E-state index contributed by atoms with van der Waals surface area (Å²) in [7, 11) is -2.15. The van der Waals surface area contributed by atoms with Crippen LogP contribution in [0.1, 0.15) is 38.5 Å². The molecule has 4 saturated carbocycles. The van der Waals surface area contributed by atoms with Gasteiger partial charge in [-0.3, -0.25) is 0 Å². The molecule has 0 unspecified atom stereocenters. The number of carbonyl (C=O) groups is 1. The molecule has 1 aromatic rings. The number of anilines is 1. The maximum absolute atomic E-state index is 12.5. The van der Waals surface area contributed by atoms with E-state index in [4.69, 9.17) is 0 Å². The molecule has 1 aromatic carbocycles. The molecule has 3 N–H and O–H groups in total. The van der Waals surface area contributed by atoms with E-state index in [9.17, 15) is 13.2 Å². The van der Waals surface area contributed by atoms with Gasteiger partial charge in [0.2, 0.25) is 10.0 Å². The Kier molecular flexibility index (Phi) is 4.03. The zero-order chi connectivity index (χ0) is 17.7. The molecular formula is C18H25N3O3S. The van der Waals surface area contributed by atoms with Crippen LogP contribution in [0.3, 0.4) is 0 Å². The van der Waals surface area contributed by atoms with Gasteiger partial charge in [0, 0.05) is 11.2 Å². The van der Waals surface area contributed by atoms with Crippen LogP contribution >= 0.6 is 0 Å². The van der Waals surface area contributed by atoms with Crippen LogP contribution in [-0.2, 0) is 10.0 Å². The molecule has 4 aliphatic carbocycles. The largest absolute Gasteiger partial charge is 0.332 e. The number of sulfonamides is 1. The fourth-order valence-electron chi connectivity index (χ4n) is 5.53. The molecule has 0 radical (unpaired) electrons. The van der Waals surface area contributed by atoms with E-state index in [1.54, 1.807) is 12.1 Å². The summed E-state index contributed by atoms with van der Waals surface area (Å²) in [5.41, 5.74) is 0.423. The van der Waals surface area contributed by atoms with Crippen molar-refractivity contribution in [1.82, 2.24) is 10.0 Å². The lowest BCUT2D eigenvalue weighted by Gasteiger charge is -2.56. The second kappa shape index (κ2) is 5.99. The summed E-state index contributed by atoms with van der Waals surface area (Å²) in [6, 6.07) is 6.08. The highest BCUT2D eigenvalue weighted by Crippen LogP contribution is 2.55. The van der Waals surface area contributed by atoms with Gasteiger partial charge in [0.1, 0.15) is 0 Å². The predicted molar refractivity (Wildman–Crippen MR) is 95.7 cm³/mol. The van der Waals surface area contributed by atoms with Gasteiger partial charge in [-0.05, 0) is 81.5 Å². The van der Waals surface area contributed by atoms with Crippen molar-refractivity contribution in [2.24, 2.45) is 17.8 Å². The molecule has 25 heavy (non-hydrogen) atoms. The normalized spacial score (nSPS) is 33.2. The van der Waals surface area contributed by atoms with Crippen molar-refractivity contribution >= 4 is 21.7 Å². The van der Waals surface area contributed by atoms with E-state index in [1.165, 1.54) is 38.4 Å². The zero-order valence-electron chi connectivity index (χ0n) is 14.4. The number of nitrogens with one attached hydrogen (secondary N) is 3. The number of carbonyl (C=O) groups excluding carboxylic acids is 1. The van der Waals surface area contributed by atoms with E-state index in [0.29, 0.717) is 5.69 Å². The Morgan fingerprint density at radius 3 is 2.24 bits per heavy atom. The van der Waals surface area contributed by atoms with Crippen LogP contribution in [-0.4, -0.2) is 27.0 Å². The highest BCUT2D eigenvalue weighted by atomic mass is 32.2. The SMILES string of the molecule is CNS(=O)(=O)c1cccc(NC(=O)NC23CC4CC(CC(C4)C2)C3)c1. The van der Waals surface area contributed by atoms with Crippen molar-refractivity contribution in [1.29, 1.82) is 0 Å². The van der Waals surface area contributed by atoms with Gasteiger partial charge in [0.25, 0.3) is 0 Å². The summed E-state index contributed by atoms with van der Waals surface area (Å²) in [4.78, 5) is 12.7. The summed E-state index contributed by atoms with van der Waals surface area (Å²) in [5.74, 6) is 2.28. The molecule has 4 fully saturated rings. The van der Waals surface area contributed by atoms with Gasteiger partial charge >= 0.3 is 6.03 Å². The predicted octanol–water partition coefficient (Wildman–Crippen LogP) is 2.69. The molecule has 6 nitrogen and oxygen atoms in total. The van der Waals surface area contributed by atoms with Crippen LogP contribution in [0.4, 0.5) is 10.5 Å². The molecule has 0 saturated heterocycles. The van der Waals surface area contributed by atoms with Gasteiger partial charge in [0.05, 0.1) is 4.90 Å². The molecular weight excluding hydrogens is 338 g/mol. The number of benzene rings is 1. The van der Waals surface area contributed by atoms with Gasteiger partial charge in [-0.1, -0.05) is 6.07 Å². The number of hydrogen-bond donors (Lipinski definition) is 3. The first kappa shape index (κ1) is 16.8. The Hall–Kier alpha value is -1.60. The summed E-state index contributed by atoms with van der Waals surface area (Å²) in [5, 5.41) is 6.04. The molecule has 5 rings (SSSR count). The lowest BCUT2D eigenvalue weighted by atomic mass is 9.53. The maximum atomic E-state index is 12.5. The molecule has 0 heterocycles. The zero-order valence-corrected chi connectivity index (χ0v) is 15.2. The van der Waals surface area contributed by atoms with Crippen LogP contribution < -0.4 is 15.4 Å². The Morgan fingerprint density at radius 2 is 1.68 bits per heavy atom. The van der Waals surface area contributed by atoms with Gasteiger partial charge in [-0.25, -0.2) is 17.9 Å². The first-order valence-corrected chi connectivity index (χ1v) is 10.5. The van der Waals surface area contributed by atoms with E-state index in [-0.39, 0.29) is 16.5 Å². The lowest BCUT2D eigenvalue weighted by Crippen LogP contribution is -2.60. The fourth-order valence-corrected chi connectivity index (χ4v) is 6.30. The number of hydrogen-bond acceptors (Lipinski definition) is 3. The summed E-state index contributed by atoms with van der Waals surface area (Å²) in [6.07, 6.45) is 7.23. The van der Waals surface area contributed by atoms with Crippen molar-refractivity contribution in [2.45, 2.75) is 49.0 Å². The summed E-state index contributed by atoms with van der Waals surface area (Å²) >= 11 is 0. The first-order valence-electron chi connectivity index (χ1n) is 9.00. The molecule has 0 aromatic heterocycles. The molecule has 0 atom stereocenters. The van der Waals surface area contributed by atoms with Gasteiger partial charge in [-0.15, -0.1) is 0 Å². The van der Waals surface area contributed by atoms with Crippen molar-refractivity contribution in [3.8, 4) is 0 Å². The molecule has 4 aliphatic rings. The van der Waals surface area contributed by atoms with E-state index in [1.807, 2.05) is 0 Å². The Morgan fingerprint density at radius 1 is 1.08 bits per heavy atom. The fraction of sp³-hybridized carbons (Fsp3) is 0.611. The minimum Gasteiger partial charge on any atom is -0.332 e. The number of rotatable bonds is 4. The van der Waals surface area contributed by atoms with Crippen molar-refractivity contribution in [2.75, 3.05) is 12.4 Å². The van der Waals surface area contributed by atoms with Gasteiger partial charge < -0.3 is 10.6 Å². The third kappa shape index (κ3) is 3.27. The third-order valence-electron chi connectivity index (χ3n) is 6.09. The highest BCUT2D eigenvalue weighted by Gasteiger charge is 2.51. The minimum absolute atomic E-state index is 0.0620. The maximum Gasteiger partial charge on any atom is 0.319 e. The standard InChI is InChI=1S/C18H25N3O3S/c1-19-25(23,24)16-4-2-3-15(8-16)20-17(22)21-18-9-12-5-13(10-18)7-14(6-12)11-18/h2-4,8,12-14,19H,5-7,9-11H2,1H3,(H2,20,21,22). The Labute approximate surface area is 148 Å². The first-order chi connectivity index (χ1) is 11.9. The highest BCUT2D eigenvalue weighted by molar-refractivity contribution is 7.89. The van der Waals surface area contributed by atoms with Crippen LogP contribution in [0.15, 0.2) is 29.2 Å². The van der Waals surface area contributed by atoms with Crippen LogP contribution in [0.5, 0.6) is 0 Å². The summed E-state index contributed by atoms with van der Waals surface area (Å²) in [6.45, 7) is 0. The molecule has 136 valence electrons. The quantitative estimate of drug-likeness (QED) is 0.768. The monoisotopic (exact) mass is 363 g/mol. The second-order valence-corrected chi connectivity index (χ2v) is 9.90. The van der Waals surface area contributed by atoms with Crippen molar-refractivity contribution in [3.05, 3.63) is 24.3 Å². The Balaban J connectivity index is 1.46. The molecule has 0 aliphatic heterocycles. The molecule has 2 amide bonds. The van der Waals surface area contributed by atoms with Crippen LogP contribution in [0, 0.1) is 17.8 Å². The number of urea groups is 1. The van der Waals surface area contributed by atoms with Gasteiger partial charge in [0.15, 0.2) is 0 Å².